The molecule has 0 saturated heterocycles. The Balaban J connectivity index is 2.30. The zero-order chi connectivity index (χ0) is 13.8. The molecule has 0 saturated carbocycles. The van der Waals surface area contributed by atoms with Gasteiger partial charge in [-0.15, -0.1) is 6.42 Å². The van der Waals surface area contributed by atoms with Crippen molar-refractivity contribution in [3.8, 4) is 12.3 Å². The van der Waals surface area contributed by atoms with Crippen molar-refractivity contribution in [2.24, 2.45) is 4.99 Å². The molecule has 1 aliphatic carbocycles. The fourth-order valence-corrected chi connectivity index (χ4v) is 1.96. The van der Waals surface area contributed by atoms with Crippen molar-refractivity contribution in [1.29, 1.82) is 0 Å². The summed E-state index contributed by atoms with van der Waals surface area (Å²) >= 11 is 0. The molecule has 0 spiro atoms. The lowest BCUT2D eigenvalue weighted by Crippen LogP contribution is -2.08. The zero-order valence-corrected chi connectivity index (χ0v) is 11.1. The van der Waals surface area contributed by atoms with Gasteiger partial charge in [0, 0.05) is 23.3 Å². The highest BCUT2D eigenvalue weighted by Gasteiger charge is 2.13. The van der Waals surface area contributed by atoms with Crippen LogP contribution in [-0.2, 0) is 0 Å². The van der Waals surface area contributed by atoms with Gasteiger partial charge < -0.3 is 0 Å². The van der Waals surface area contributed by atoms with E-state index in [0.29, 0.717) is 12.0 Å². The molecule has 1 aliphatic rings. The summed E-state index contributed by atoms with van der Waals surface area (Å²) in [5.41, 5.74) is 4.39. The van der Waals surface area contributed by atoms with Gasteiger partial charge in [0.1, 0.15) is 0 Å². The molecule has 2 nitrogen and oxygen atoms in total. The Labute approximate surface area is 113 Å². The van der Waals surface area contributed by atoms with Crippen molar-refractivity contribution in [3.63, 3.8) is 0 Å². The molecule has 0 bridgehead atoms. The molecule has 0 heterocycles. The van der Waals surface area contributed by atoms with E-state index in [1.807, 2.05) is 38.1 Å². The van der Waals surface area contributed by atoms with Gasteiger partial charge >= 0.3 is 0 Å². The van der Waals surface area contributed by atoms with Crippen molar-refractivity contribution in [1.82, 2.24) is 0 Å². The molecule has 0 unspecified atom stereocenters. The average molecular weight is 249 g/mol. The van der Waals surface area contributed by atoms with Crippen LogP contribution in [0.5, 0.6) is 0 Å². The van der Waals surface area contributed by atoms with Crippen molar-refractivity contribution < 1.29 is 4.79 Å². The SMILES string of the molecule is C#CC1=CC(=NC(=O)c2ccccc2)CC(C)=C1C. The van der Waals surface area contributed by atoms with Crippen LogP contribution in [0.25, 0.3) is 0 Å². The first kappa shape index (κ1) is 13.0. The van der Waals surface area contributed by atoms with Crippen LogP contribution in [0.4, 0.5) is 0 Å². The van der Waals surface area contributed by atoms with E-state index in [1.165, 1.54) is 0 Å². The summed E-state index contributed by atoms with van der Waals surface area (Å²) in [4.78, 5) is 16.2. The number of amides is 1. The molecule has 0 aromatic heterocycles. The van der Waals surface area contributed by atoms with Crippen molar-refractivity contribution in [3.05, 3.63) is 58.7 Å². The Morgan fingerprint density at radius 1 is 1.26 bits per heavy atom. The number of hydrogen-bond donors (Lipinski definition) is 0. The number of terminal acetylenes is 1. The molecule has 0 atom stereocenters. The second-order valence-electron chi connectivity index (χ2n) is 4.56. The fraction of sp³-hybridized carbons (Fsp3) is 0.176. The summed E-state index contributed by atoms with van der Waals surface area (Å²) in [5, 5.41) is 0. The second kappa shape index (κ2) is 5.49. The molecule has 0 aliphatic heterocycles. The van der Waals surface area contributed by atoms with Crippen molar-refractivity contribution in [2.75, 3.05) is 0 Å². The predicted molar refractivity (Wildman–Crippen MR) is 78.1 cm³/mol. The first-order valence-electron chi connectivity index (χ1n) is 6.14. The molecule has 2 rings (SSSR count). The van der Waals surface area contributed by atoms with Gasteiger partial charge in [-0.1, -0.05) is 29.7 Å². The van der Waals surface area contributed by atoms with Crippen LogP contribution in [-0.4, -0.2) is 11.6 Å². The highest BCUT2D eigenvalue weighted by Crippen LogP contribution is 2.23. The highest BCUT2D eigenvalue weighted by molar-refractivity contribution is 6.09. The monoisotopic (exact) mass is 249 g/mol. The van der Waals surface area contributed by atoms with Gasteiger partial charge in [-0.05, 0) is 37.6 Å². The number of carbonyl (C=O) groups excluding carboxylic acids is 1. The Morgan fingerprint density at radius 2 is 1.95 bits per heavy atom. The van der Waals surface area contributed by atoms with Gasteiger partial charge in [0.25, 0.3) is 5.91 Å². The standard InChI is InChI=1S/C17H15NO/c1-4-14-11-16(10-12(2)13(14)3)18-17(19)15-8-6-5-7-9-15/h1,5-9,11H,10H2,2-3H3. The number of hydrogen-bond acceptors (Lipinski definition) is 1. The molecule has 1 amide bonds. The topological polar surface area (TPSA) is 29.4 Å². The maximum atomic E-state index is 12.0. The third-order valence-electron chi connectivity index (χ3n) is 3.22. The number of aliphatic imine (C=N–C) groups is 1. The molecule has 2 heteroatoms. The number of carbonyl (C=O) groups is 1. The summed E-state index contributed by atoms with van der Waals surface area (Å²) in [6.07, 6.45) is 7.97. The second-order valence-corrected chi connectivity index (χ2v) is 4.56. The Hall–Kier alpha value is -2.40. The summed E-state index contributed by atoms with van der Waals surface area (Å²) in [6.45, 7) is 4.01. The van der Waals surface area contributed by atoms with Gasteiger partial charge in [-0.25, -0.2) is 4.99 Å². The minimum Gasteiger partial charge on any atom is -0.267 e. The molecule has 1 aromatic carbocycles. The molecular formula is C17H15NO. The average Bonchev–Trinajstić information content (AvgIpc) is 2.43. The first-order valence-corrected chi connectivity index (χ1v) is 6.14. The van der Waals surface area contributed by atoms with E-state index >= 15 is 0 Å². The molecular weight excluding hydrogens is 234 g/mol. The Bertz CT molecular complexity index is 640. The molecule has 0 fully saturated rings. The van der Waals surface area contributed by atoms with Crippen molar-refractivity contribution in [2.45, 2.75) is 20.3 Å². The zero-order valence-electron chi connectivity index (χ0n) is 11.1. The summed E-state index contributed by atoms with van der Waals surface area (Å²) in [6, 6.07) is 9.04. The highest BCUT2D eigenvalue weighted by atomic mass is 16.1. The maximum absolute atomic E-state index is 12.0. The summed E-state index contributed by atoms with van der Waals surface area (Å²) < 4.78 is 0. The van der Waals surface area contributed by atoms with Gasteiger partial charge in [0.2, 0.25) is 0 Å². The quantitative estimate of drug-likeness (QED) is 0.700. The smallest absolute Gasteiger partial charge is 0.267 e. The lowest BCUT2D eigenvalue weighted by atomic mass is 9.92. The third-order valence-corrected chi connectivity index (χ3v) is 3.22. The number of benzene rings is 1. The van der Waals surface area contributed by atoms with Gasteiger partial charge in [0.15, 0.2) is 0 Å². The van der Waals surface area contributed by atoms with E-state index in [0.717, 1.165) is 22.4 Å². The van der Waals surface area contributed by atoms with Gasteiger partial charge in [-0.3, -0.25) is 4.79 Å². The molecule has 19 heavy (non-hydrogen) atoms. The van der Waals surface area contributed by atoms with Crippen molar-refractivity contribution >= 4 is 11.6 Å². The summed E-state index contributed by atoms with van der Waals surface area (Å²) in [7, 11) is 0. The van der Waals surface area contributed by atoms with Crippen LogP contribution < -0.4 is 0 Å². The normalized spacial score (nSPS) is 17.1. The fourth-order valence-electron chi connectivity index (χ4n) is 1.96. The largest absolute Gasteiger partial charge is 0.277 e. The van der Waals surface area contributed by atoms with E-state index in [9.17, 15) is 4.79 Å². The lowest BCUT2D eigenvalue weighted by molar-refractivity contribution is 0.100. The van der Waals surface area contributed by atoms with Gasteiger partial charge in [0.05, 0.1) is 0 Å². The number of nitrogens with zero attached hydrogens (tertiary/aromatic N) is 1. The van der Waals surface area contributed by atoms with E-state index in [4.69, 9.17) is 6.42 Å². The lowest BCUT2D eigenvalue weighted by Gasteiger charge is -2.14. The molecule has 0 radical (unpaired) electrons. The molecule has 1 aromatic rings. The molecule has 0 N–H and O–H groups in total. The van der Waals surface area contributed by atoms with Crippen LogP contribution in [0.1, 0.15) is 30.6 Å². The first-order chi connectivity index (χ1) is 9.11. The Morgan fingerprint density at radius 3 is 2.58 bits per heavy atom. The minimum atomic E-state index is -0.226. The number of allylic oxidation sites excluding steroid dienone is 4. The molecule has 94 valence electrons. The van der Waals surface area contributed by atoms with E-state index < -0.39 is 0 Å². The van der Waals surface area contributed by atoms with E-state index in [1.54, 1.807) is 12.1 Å². The maximum Gasteiger partial charge on any atom is 0.277 e. The van der Waals surface area contributed by atoms with Crippen LogP contribution in [0, 0.1) is 12.3 Å². The van der Waals surface area contributed by atoms with E-state index in [-0.39, 0.29) is 5.91 Å². The minimum absolute atomic E-state index is 0.226. The van der Waals surface area contributed by atoms with Crippen LogP contribution >= 0.6 is 0 Å². The third kappa shape index (κ3) is 2.89. The van der Waals surface area contributed by atoms with Crippen LogP contribution in [0.15, 0.2) is 58.1 Å². The van der Waals surface area contributed by atoms with Gasteiger partial charge in [-0.2, -0.15) is 0 Å². The Kier molecular flexibility index (Phi) is 3.77. The number of rotatable bonds is 1. The summed E-state index contributed by atoms with van der Waals surface area (Å²) in [5.74, 6) is 2.41. The van der Waals surface area contributed by atoms with E-state index in [2.05, 4.69) is 10.9 Å². The predicted octanol–water partition coefficient (Wildman–Crippen LogP) is 3.57. The van der Waals surface area contributed by atoms with Crippen LogP contribution in [0.2, 0.25) is 0 Å². The van der Waals surface area contributed by atoms with Crippen LogP contribution in [0.3, 0.4) is 0 Å².